The molecule has 2 aliphatic rings. The maximum absolute atomic E-state index is 4.91. The molecule has 0 bridgehead atoms. The maximum atomic E-state index is 4.91. The first-order chi connectivity index (χ1) is 13.2. The van der Waals surface area contributed by atoms with Crippen molar-refractivity contribution < 1.29 is 0 Å². The van der Waals surface area contributed by atoms with Gasteiger partial charge in [0, 0.05) is 11.1 Å². The Bertz CT molecular complexity index is 987. The molecule has 2 nitrogen and oxygen atoms in total. The Labute approximate surface area is 170 Å². The summed E-state index contributed by atoms with van der Waals surface area (Å²) in [6, 6.07) is 17.1. The van der Waals surface area contributed by atoms with Gasteiger partial charge in [0.2, 0.25) is 0 Å². The standard InChI is InChI=1S/C24H28N2Si2/c1-27(2,3)21-15-17-11-7-9-13-19(17)23(21)25-26-24-20-14-10-8-12-18(20)16-22(24)28(4,5)6/h7-16H,1-6H3/b25-23-,26-24-. The molecule has 28 heavy (non-hydrogen) atoms. The highest BCUT2D eigenvalue weighted by molar-refractivity contribution is 6.90. The summed E-state index contributed by atoms with van der Waals surface area (Å²) in [5.41, 5.74) is 7.12. The average molecular weight is 401 g/mol. The van der Waals surface area contributed by atoms with Crippen LogP contribution in [0.3, 0.4) is 0 Å². The second-order valence-corrected chi connectivity index (χ2v) is 19.8. The van der Waals surface area contributed by atoms with Gasteiger partial charge >= 0.3 is 0 Å². The van der Waals surface area contributed by atoms with Crippen molar-refractivity contribution in [3.63, 3.8) is 0 Å². The van der Waals surface area contributed by atoms with Crippen LogP contribution < -0.4 is 0 Å². The average Bonchev–Trinajstić information content (AvgIpc) is 3.18. The minimum atomic E-state index is -1.53. The van der Waals surface area contributed by atoms with Crippen molar-refractivity contribution in [2.24, 2.45) is 10.2 Å². The summed E-state index contributed by atoms with van der Waals surface area (Å²) in [5, 5.41) is 12.6. The summed E-state index contributed by atoms with van der Waals surface area (Å²) in [4.78, 5) is 0. The van der Waals surface area contributed by atoms with E-state index in [4.69, 9.17) is 10.2 Å². The molecular weight excluding hydrogens is 372 g/mol. The highest BCUT2D eigenvalue weighted by atomic mass is 28.3. The van der Waals surface area contributed by atoms with Crippen LogP contribution in [0, 0.1) is 0 Å². The molecule has 0 fully saturated rings. The number of allylic oxidation sites excluding steroid dienone is 2. The molecule has 142 valence electrons. The lowest BCUT2D eigenvalue weighted by Gasteiger charge is -2.20. The predicted octanol–water partition coefficient (Wildman–Crippen LogP) is 6.43. The van der Waals surface area contributed by atoms with Crippen molar-refractivity contribution in [1.82, 2.24) is 0 Å². The Kier molecular flexibility index (Phi) is 4.51. The number of benzene rings is 2. The zero-order chi connectivity index (χ0) is 20.1. The summed E-state index contributed by atoms with van der Waals surface area (Å²) < 4.78 is 0. The molecule has 2 aromatic carbocycles. The van der Waals surface area contributed by atoms with Gasteiger partial charge in [-0.05, 0) is 21.5 Å². The van der Waals surface area contributed by atoms with Gasteiger partial charge in [-0.25, -0.2) is 0 Å². The molecule has 0 saturated heterocycles. The van der Waals surface area contributed by atoms with Gasteiger partial charge in [-0.2, -0.15) is 10.2 Å². The molecule has 0 amide bonds. The van der Waals surface area contributed by atoms with Gasteiger partial charge in [0.25, 0.3) is 0 Å². The number of fused-ring (bicyclic) bond motifs is 2. The number of hydrogen-bond acceptors (Lipinski definition) is 2. The molecule has 0 N–H and O–H groups in total. The Morgan fingerprint density at radius 3 is 1.25 bits per heavy atom. The van der Waals surface area contributed by atoms with Crippen LogP contribution in [0.25, 0.3) is 12.2 Å². The van der Waals surface area contributed by atoms with E-state index in [1.54, 1.807) is 0 Å². The van der Waals surface area contributed by atoms with Crippen LogP contribution in [-0.2, 0) is 0 Å². The van der Waals surface area contributed by atoms with Crippen LogP contribution in [-0.4, -0.2) is 27.6 Å². The summed E-state index contributed by atoms with van der Waals surface area (Å²) >= 11 is 0. The molecule has 2 aliphatic carbocycles. The molecule has 0 unspecified atom stereocenters. The third-order valence-corrected chi connectivity index (χ3v) is 9.40. The van der Waals surface area contributed by atoms with Crippen molar-refractivity contribution in [2.75, 3.05) is 0 Å². The predicted molar refractivity (Wildman–Crippen MR) is 129 cm³/mol. The fourth-order valence-corrected chi connectivity index (χ4v) is 6.84. The molecule has 0 aliphatic heterocycles. The monoisotopic (exact) mass is 400 g/mol. The Hall–Kier alpha value is -2.31. The largest absolute Gasteiger partial charge is 0.150 e. The van der Waals surface area contributed by atoms with Crippen molar-refractivity contribution >= 4 is 39.7 Å². The van der Waals surface area contributed by atoms with E-state index in [0.29, 0.717) is 0 Å². The third kappa shape index (κ3) is 3.31. The van der Waals surface area contributed by atoms with E-state index in [-0.39, 0.29) is 0 Å². The van der Waals surface area contributed by atoms with E-state index in [1.165, 1.54) is 32.6 Å². The van der Waals surface area contributed by atoms with Crippen LogP contribution in [0.5, 0.6) is 0 Å². The molecule has 0 saturated carbocycles. The van der Waals surface area contributed by atoms with Crippen molar-refractivity contribution in [1.29, 1.82) is 0 Å². The molecular formula is C24H28N2Si2. The van der Waals surface area contributed by atoms with E-state index in [0.717, 1.165) is 11.4 Å². The van der Waals surface area contributed by atoms with E-state index in [2.05, 4.69) is 100.0 Å². The van der Waals surface area contributed by atoms with Gasteiger partial charge in [0.05, 0.1) is 27.6 Å². The smallest absolute Gasteiger partial charge is 0.0927 e. The molecule has 2 aromatic rings. The highest BCUT2D eigenvalue weighted by Crippen LogP contribution is 2.34. The van der Waals surface area contributed by atoms with Gasteiger partial charge in [-0.3, -0.25) is 0 Å². The van der Waals surface area contributed by atoms with Gasteiger partial charge in [0.1, 0.15) is 0 Å². The first-order valence-electron chi connectivity index (χ1n) is 9.96. The highest BCUT2D eigenvalue weighted by Gasteiger charge is 2.32. The minimum Gasteiger partial charge on any atom is -0.150 e. The van der Waals surface area contributed by atoms with Crippen LogP contribution in [0.15, 0.2) is 69.1 Å². The van der Waals surface area contributed by atoms with E-state index in [9.17, 15) is 0 Å². The van der Waals surface area contributed by atoms with Crippen molar-refractivity contribution in [2.45, 2.75) is 39.3 Å². The molecule has 4 rings (SSSR count). The number of rotatable bonds is 3. The van der Waals surface area contributed by atoms with Crippen molar-refractivity contribution in [3.8, 4) is 0 Å². The van der Waals surface area contributed by atoms with Crippen molar-refractivity contribution in [3.05, 3.63) is 81.2 Å². The van der Waals surface area contributed by atoms with Gasteiger partial charge < -0.3 is 0 Å². The lowest BCUT2D eigenvalue weighted by atomic mass is 10.1. The fraction of sp³-hybridized carbons (Fsp3) is 0.250. The molecule has 0 radical (unpaired) electrons. The molecule has 0 spiro atoms. The van der Waals surface area contributed by atoms with Gasteiger partial charge in [-0.1, -0.05) is 100.0 Å². The normalized spacial score (nSPS) is 18.9. The van der Waals surface area contributed by atoms with Gasteiger partial charge in [0.15, 0.2) is 0 Å². The van der Waals surface area contributed by atoms with Crippen LogP contribution in [0.4, 0.5) is 0 Å². The third-order valence-electron chi connectivity index (χ3n) is 5.41. The molecule has 0 aromatic heterocycles. The Morgan fingerprint density at radius 1 is 0.536 bits per heavy atom. The lowest BCUT2D eigenvalue weighted by molar-refractivity contribution is 1.23. The Balaban J connectivity index is 1.87. The molecule has 4 heteroatoms. The van der Waals surface area contributed by atoms with Crippen LogP contribution in [0.1, 0.15) is 22.3 Å². The zero-order valence-electron chi connectivity index (χ0n) is 17.7. The van der Waals surface area contributed by atoms with Crippen LogP contribution in [0.2, 0.25) is 39.3 Å². The SMILES string of the molecule is C[Si](C)(C)C1=Cc2ccccc2/C1=N/N=C1\C([Si](C)(C)C)=Cc2ccccc21. The first kappa shape index (κ1) is 19.0. The molecule has 0 heterocycles. The lowest BCUT2D eigenvalue weighted by Crippen LogP contribution is -2.29. The number of nitrogens with zero attached hydrogens (tertiary/aromatic N) is 2. The minimum absolute atomic E-state index is 1.07. The van der Waals surface area contributed by atoms with E-state index < -0.39 is 16.1 Å². The van der Waals surface area contributed by atoms with Crippen LogP contribution >= 0.6 is 0 Å². The second kappa shape index (κ2) is 6.64. The Morgan fingerprint density at radius 2 is 0.893 bits per heavy atom. The maximum Gasteiger partial charge on any atom is 0.0927 e. The molecule has 0 atom stereocenters. The zero-order valence-corrected chi connectivity index (χ0v) is 19.7. The summed E-state index contributed by atoms with van der Waals surface area (Å²) in [5.74, 6) is 0. The topological polar surface area (TPSA) is 24.7 Å². The van der Waals surface area contributed by atoms with Gasteiger partial charge in [-0.15, -0.1) is 0 Å². The second-order valence-electron chi connectivity index (χ2n) is 9.69. The quantitative estimate of drug-likeness (QED) is 0.419. The first-order valence-corrected chi connectivity index (χ1v) is 17.0. The summed E-state index contributed by atoms with van der Waals surface area (Å²) in [6.45, 7) is 14.3. The summed E-state index contributed by atoms with van der Waals surface area (Å²) in [6.07, 6.45) is 4.66. The van der Waals surface area contributed by atoms with E-state index >= 15 is 0 Å². The fourth-order valence-electron chi connectivity index (χ4n) is 3.87. The van der Waals surface area contributed by atoms with E-state index in [1.807, 2.05) is 0 Å². The number of hydrogen-bond donors (Lipinski definition) is 0. The summed E-state index contributed by atoms with van der Waals surface area (Å²) in [7, 11) is -3.06.